The van der Waals surface area contributed by atoms with Crippen LogP contribution in [0.15, 0.2) is 16.6 Å². The fraction of sp³-hybridized carbons (Fsp3) is 0.455. The minimum Gasteiger partial charge on any atom is -0.504 e. The first-order chi connectivity index (χ1) is 7.10. The number of nitrogens with one attached hydrogen (secondary N) is 1. The first kappa shape index (κ1) is 12.3. The largest absolute Gasteiger partial charge is 0.504 e. The van der Waals surface area contributed by atoms with E-state index in [4.69, 9.17) is 4.74 Å². The molecule has 0 heterocycles. The quantitative estimate of drug-likeness (QED) is 0.886. The predicted octanol–water partition coefficient (Wildman–Crippen LogP) is 2.49. The van der Waals surface area contributed by atoms with Crippen LogP contribution in [0.5, 0.6) is 11.5 Å². The van der Waals surface area contributed by atoms with Gasteiger partial charge in [-0.2, -0.15) is 0 Å². The Balaban J connectivity index is 3.06. The lowest BCUT2D eigenvalue weighted by Gasteiger charge is -2.15. The van der Waals surface area contributed by atoms with Crippen molar-refractivity contribution in [2.45, 2.75) is 12.8 Å². The third-order valence-corrected chi connectivity index (χ3v) is 3.03. The third kappa shape index (κ3) is 2.86. The summed E-state index contributed by atoms with van der Waals surface area (Å²) in [6, 6.07) is 3.53. The summed E-state index contributed by atoms with van der Waals surface area (Å²) in [5.74, 6) is 1.03. The van der Waals surface area contributed by atoms with Crippen LogP contribution in [0.4, 0.5) is 0 Å². The second kappa shape index (κ2) is 5.37. The molecule has 0 aliphatic heterocycles. The van der Waals surface area contributed by atoms with Crippen LogP contribution >= 0.6 is 15.9 Å². The standard InChI is InChI=1S/C11H16BrNO2/c1-7(6-13-2)8-4-11(15-3)10(14)5-9(8)12/h4-5,7,13-14H,6H2,1-3H3. The van der Waals surface area contributed by atoms with Gasteiger partial charge in [0.1, 0.15) is 0 Å². The van der Waals surface area contributed by atoms with E-state index in [2.05, 4.69) is 28.2 Å². The molecule has 1 aromatic rings. The monoisotopic (exact) mass is 273 g/mol. The number of hydrogen-bond acceptors (Lipinski definition) is 3. The zero-order chi connectivity index (χ0) is 11.4. The molecule has 4 heteroatoms. The van der Waals surface area contributed by atoms with E-state index in [1.165, 1.54) is 0 Å². The molecule has 3 nitrogen and oxygen atoms in total. The van der Waals surface area contributed by atoms with Gasteiger partial charge in [-0.15, -0.1) is 0 Å². The summed E-state index contributed by atoms with van der Waals surface area (Å²) in [4.78, 5) is 0. The minimum absolute atomic E-state index is 0.157. The van der Waals surface area contributed by atoms with E-state index in [0.29, 0.717) is 11.7 Å². The van der Waals surface area contributed by atoms with Crippen molar-refractivity contribution in [1.82, 2.24) is 5.32 Å². The van der Waals surface area contributed by atoms with Crippen LogP contribution < -0.4 is 10.1 Å². The zero-order valence-electron chi connectivity index (χ0n) is 9.17. The highest BCUT2D eigenvalue weighted by Crippen LogP contribution is 2.35. The number of halogens is 1. The minimum atomic E-state index is 0.157. The maximum Gasteiger partial charge on any atom is 0.160 e. The lowest BCUT2D eigenvalue weighted by atomic mass is 10.0. The normalized spacial score (nSPS) is 12.5. The molecule has 0 aromatic heterocycles. The van der Waals surface area contributed by atoms with Crippen molar-refractivity contribution >= 4 is 15.9 Å². The molecule has 15 heavy (non-hydrogen) atoms. The Kier molecular flexibility index (Phi) is 4.42. The molecule has 84 valence electrons. The summed E-state index contributed by atoms with van der Waals surface area (Å²) in [7, 11) is 3.47. The molecule has 0 spiro atoms. The summed E-state index contributed by atoms with van der Waals surface area (Å²) < 4.78 is 5.98. The summed E-state index contributed by atoms with van der Waals surface area (Å²) in [6.07, 6.45) is 0. The molecule has 0 fully saturated rings. The molecule has 1 rings (SSSR count). The number of benzene rings is 1. The summed E-state index contributed by atoms with van der Waals surface area (Å²) >= 11 is 3.44. The van der Waals surface area contributed by atoms with Crippen molar-refractivity contribution in [3.63, 3.8) is 0 Å². The van der Waals surface area contributed by atoms with E-state index in [9.17, 15) is 5.11 Å². The average molecular weight is 274 g/mol. The van der Waals surface area contributed by atoms with E-state index >= 15 is 0 Å². The lowest BCUT2D eigenvalue weighted by Crippen LogP contribution is -2.15. The second-order valence-corrected chi connectivity index (χ2v) is 4.36. The lowest BCUT2D eigenvalue weighted by molar-refractivity contribution is 0.372. The van der Waals surface area contributed by atoms with Crippen LogP contribution in [0.3, 0.4) is 0 Å². The number of phenols is 1. The number of hydrogen-bond donors (Lipinski definition) is 2. The average Bonchev–Trinajstić information content (AvgIpc) is 2.18. The molecule has 2 N–H and O–H groups in total. The van der Waals surface area contributed by atoms with Gasteiger partial charge in [-0.05, 0) is 30.7 Å². The molecular formula is C11H16BrNO2. The molecule has 0 amide bonds. The van der Waals surface area contributed by atoms with Gasteiger partial charge in [-0.1, -0.05) is 22.9 Å². The molecule has 1 unspecified atom stereocenters. The molecule has 0 saturated heterocycles. The van der Waals surface area contributed by atoms with Crippen LogP contribution in [0.2, 0.25) is 0 Å². The zero-order valence-corrected chi connectivity index (χ0v) is 10.8. The Bertz CT molecular complexity index is 342. The first-order valence-electron chi connectivity index (χ1n) is 4.81. The van der Waals surface area contributed by atoms with Crippen molar-refractivity contribution < 1.29 is 9.84 Å². The van der Waals surface area contributed by atoms with Crippen molar-refractivity contribution in [2.24, 2.45) is 0 Å². The van der Waals surface area contributed by atoms with Gasteiger partial charge in [0.15, 0.2) is 11.5 Å². The van der Waals surface area contributed by atoms with E-state index in [0.717, 1.165) is 16.6 Å². The molecule has 0 saturated carbocycles. The molecule has 0 aliphatic rings. The Morgan fingerprint density at radius 3 is 2.73 bits per heavy atom. The van der Waals surface area contributed by atoms with Gasteiger partial charge < -0.3 is 15.2 Å². The number of ether oxygens (including phenoxy) is 1. The predicted molar refractivity (Wildman–Crippen MR) is 64.7 cm³/mol. The van der Waals surface area contributed by atoms with Crippen LogP contribution in [0.25, 0.3) is 0 Å². The molecule has 0 bridgehead atoms. The van der Waals surface area contributed by atoms with Crippen molar-refractivity contribution in [2.75, 3.05) is 20.7 Å². The van der Waals surface area contributed by atoms with Crippen molar-refractivity contribution in [3.05, 3.63) is 22.2 Å². The molecule has 0 radical (unpaired) electrons. The molecular weight excluding hydrogens is 258 g/mol. The Morgan fingerprint density at radius 2 is 2.20 bits per heavy atom. The van der Waals surface area contributed by atoms with Crippen LogP contribution in [-0.2, 0) is 0 Å². The number of likely N-dealkylation sites (N-methyl/N-ethyl adjacent to an activating group) is 1. The van der Waals surface area contributed by atoms with Crippen molar-refractivity contribution in [3.8, 4) is 11.5 Å². The van der Waals surface area contributed by atoms with E-state index < -0.39 is 0 Å². The molecule has 1 aromatic carbocycles. The van der Waals surface area contributed by atoms with Crippen LogP contribution in [0, 0.1) is 0 Å². The smallest absolute Gasteiger partial charge is 0.160 e. The number of phenolic OH excluding ortho intramolecular Hbond substituents is 1. The Hall–Kier alpha value is -0.740. The van der Waals surface area contributed by atoms with Gasteiger partial charge in [0.05, 0.1) is 7.11 Å². The van der Waals surface area contributed by atoms with Gasteiger partial charge >= 0.3 is 0 Å². The van der Waals surface area contributed by atoms with Gasteiger partial charge in [-0.3, -0.25) is 0 Å². The Morgan fingerprint density at radius 1 is 1.53 bits per heavy atom. The molecule has 0 aliphatic carbocycles. The SMILES string of the molecule is CNCC(C)c1cc(OC)c(O)cc1Br. The highest BCUT2D eigenvalue weighted by molar-refractivity contribution is 9.10. The van der Waals surface area contributed by atoms with E-state index in [-0.39, 0.29) is 5.75 Å². The van der Waals surface area contributed by atoms with Gasteiger partial charge in [-0.25, -0.2) is 0 Å². The maximum absolute atomic E-state index is 9.56. The fourth-order valence-corrected chi connectivity index (χ4v) is 2.24. The van der Waals surface area contributed by atoms with Gasteiger partial charge in [0.2, 0.25) is 0 Å². The maximum atomic E-state index is 9.56. The third-order valence-electron chi connectivity index (χ3n) is 2.34. The van der Waals surface area contributed by atoms with Gasteiger partial charge in [0, 0.05) is 11.0 Å². The highest BCUT2D eigenvalue weighted by Gasteiger charge is 2.13. The second-order valence-electron chi connectivity index (χ2n) is 3.50. The summed E-state index contributed by atoms with van der Waals surface area (Å²) in [5, 5.41) is 12.7. The van der Waals surface area contributed by atoms with E-state index in [1.807, 2.05) is 13.1 Å². The van der Waals surface area contributed by atoms with E-state index in [1.54, 1.807) is 13.2 Å². The highest BCUT2D eigenvalue weighted by atomic mass is 79.9. The van der Waals surface area contributed by atoms with Crippen LogP contribution in [-0.4, -0.2) is 25.8 Å². The topological polar surface area (TPSA) is 41.5 Å². The fourth-order valence-electron chi connectivity index (χ4n) is 1.52. The summed E-state index contributed by atoms with van der Waals surface area (Å²) in [5.41, 5.74) is 1.12. The van der Waals surface area contributed by atoms with Crippen LogP contribution in [0.1, 0.15) is 18.4 Å². The van der Waals surface area contributed by atoms with Gasteiger partial charge in [0.25, 0.3) is 0 Å². The number of aromatic hydroxyl groups is 1. The first-order valence-corrected chi connectivity index (χ1v) is 5.60. The van der Waals surface area contributed by atoms with Crippen molar-refractivity contribution in [1.29, 1.82) is 0 Å². The number of methoxy groups -OCH3 is 1. The number of rotatable bonds is 4. The Labute approximate surface area is 98.6 Å². The molecule has 1 atom stereocenters. The summed E-state index contributed by atoms with van der Waals surface area (Å²) in [6.45, 7) is 3.00.